The van der Waals surface area contributed by atoms with Gasteiger partial charge in [-0.2, -0.15) is 0 Å². The molecule has 0 unspecified atom stereocenters. The van der Waals surface area contributed by atoms with E-state index in [1.165, 1.54) is 7.11 Å². The van der Waals surface area contributed by atoms with Crippen LogP contribution in [-0.4, -0.2) is 85.6 Å². The Morgan fingerprint density at radius 3 is 2.34 bits per heavy atom. The SMILES string of the molecule is COC(=O)CCSc1cc(N)nc2[nH]ccc12.C[C@@H]1OCC2(CCN(c3cnc4nc(Sc5cc(N)nc6[nH]ccc56)ccc4n3)CC2)[C@@H]1N. The third-order valence-electron chi connectivity index (χ3n) is 9.32. The number of hydrogen-bond donors (Lipinski definition) is 5. The highest BCUT2D eigenvalue weighted by Gasteiger charge is 2.47. The fourth-order valence-electron chi connectivity index (χ4n) is 6.45. The molecular formula is C34H39N11O3S2. The number of methoxy groups -OCH3 is 1. The lowest BCUT2D eigenvalue weighted by Gasteiger charge is -2.41. The molecule has 8 heterocycles. The summed E-state index contributed by atoms with van der Waals surface area (Å²) in [5.41, 5.74) is 21.2. The molecule has 2 atom stereocenters. The summed E-state index contributed by atoms with van der Waals surface area (Å²) in [4.78, 5) is 44.1. The molecule has 0 aliphatic carbocycles. The Morgan fingerprint density at radius 1 is 1.00 bits per heavy atom. The normalized spacial score (nSPS) is 18.5. The maximum absolute atomic E-state index is 11.0. The number of nitrogens with zero attached hydrogens (tertiary/aromatic N) is 6. The van der Waals surface area contributed by atoms with Crippen molar-refractivity contribution in [2.24, 2.45) is 11.1 Å². The van der Waals surface area contributed by atoms with Crippen LogP contribution in [0.3, 0.4) is 0 Å². The first-order chi connectivity index (χ1) is 24.2. The van der Waals surface area contributed by atoms with E-state index in [1.54, 1.807) is 23.5 Å². The van der Waals surface area contributed by atoms with Gasteiger partial charge in [0.05, 0.1) is 32.4 Å². The predicted molar refractivity (Wildman–Crippen MR) is 197 cm³/mol. The van der Waals surface area contributed by atoms with Crippen molar-refractivity contribution in [1.82, 2.24) is 34.9 Å². The third-order valence-corrected chi connectivity index (χ3v) is 11.4. The fourth-order valence-corrected chi connectivity index (χ4v) is 8.41. The number of hydrogen-bond acceptors (Lipinski definition) is 14. The molecule has 16 heteroatoms. The number of ether oxygens (including phenoxy) is 2. The lowest BCUT2D eigenvalue weighted by atomic mass is 9.73. The Morgan fingerprint density at radius 2 is 1.68 bits per heavy atom. The summed E-state index contributed by atoms with van der Waals surface area (Å²) in [6.45, 7) is 4.64. The molecule has 1 spiro atoms. The minimum Gasteiger partial charge on any atom is -0.469 e. The van der Waals surface area contributed by atoms with Crippen LogP contribution in [0, 0.1) is 5.41 Å². The summed E-state index contributed by atoms with van der Waals surface area (Å²) >= 11 is 3.11. The van der Waals surface area contributed by atoms with Gasteiger partial charge in [0.2, 0.25) is 0 Å². The Balaban J connectivity index is 0.000000195. The first-order valence-corrected chi connectivity index (χ1v) is 18.1. The highest BCUT2D eigenvalue weighted by Crippen LogP contribution is 2.42. The molecule has 6 aromatic heterocycles. The number of rotatable bonds is 7. The molecule has 2 saturated heterocycles. The fraction of sp³-hybridized carbons (Fsp3) is 0.353. The molecule has 2 aliphatic heterocycles. The van der Waals surface area contributed by atoms with Crippen LogP contribution in [-0.2, 0) is 14.3 Å². The van der Waals surface area contributed by atoms with Crippen molar-refractivity contribution in [1.29, 1.82) is 0 Å². The maximum Gasteiger partial charge on any atom is 0.306 e. The van der Waals surface area contributed by atoms with Gasteiger partial charge in [-0.05, 0) is 56.2 Å². The van der Waals surface area contributed by atoms with Crippen LogP contribution >= 0.6 is 23.5 Å². The number of fused-ring (bicyclic) bond motifs is 3. The van der Waals surface area contributed by atoms with Crippen molar-refractivity contribution in [2.75, 3.05) is 48.9 Å². The van der Waals surface area contributed by atoms with Crippen LogP contribution < -0.4 is 22.1 Å². The molecule has 8 N–H and O–H groups in total. The van der Waals surface area contributed by atoms with Crippen LogP contribution in [0.25, 0.3) is 33.2 Å². The molecule has 0 aromatic carbocycles. The zero-order chi connectivity index (χ0) is 34.8. The molecule has 2 fully saturated rings. The van der Waals surface area contributed by atoms with Gasteiger partial charge in [-0.1, -0.05) is 11.8 Å². The predicted octanol–water partition coefficient (Wildman–Crippen LogP) is 4.77. The zero-order valence-corrected chi connectivity index (χ0v) is 29.4. The van der Waals surface area contributed by atoms with E-state index in [4.69, 9.17) is 31.9 Å². The minimum absolute atomic E-state index is 0.0924. The second-order valence-corrected chi connectivity index (χ2v) is 14.7. The quantitative estimate of drug-likeness (QED) is 0.111. The molecule has 6 aromatic rings. The molecular weight excluding hydrogens is 675 g/mol. The average molecular weight is 714 g/mol. The number of aromatic nitrogens is 7. The van der Waals surface area contributed by atoms with Crippen molar-refractivity contribution in [2.45, 2.75) is 53.1 Å². The summed E-state index contributed by atoms with van der Waals surface area (Å²) in [5.74, 6) is 2.29. The van der Waals surface area contributed by atoms with Gasteiger partial charge in [0.1, 0.15) is 39.3 Å². The second kappa shape index (κ2) is 14.3. The van der Waals surface area contributed by atoms with Gasteiger partial charge in [-0.25, -0.2) is 24.9 Å². The van der Waals surface area contributed by atoms with Crippen molar-refractivity contribution < 1.29 is 14.3 Å². The highest BCUT2D eigenvalue weighted by molar-refractivity contribution is 7.99. The first-order valence-electron chi connectivity index (χ1n) is 16.3. The third kappa shape index (κ3) is 7.01. The standard InChI is InChI=1S/C23H26N8OS.C11H13N3O2S/c1-13-20(25)23(12-32-13)5-8-31(9-6-23)18-11-27-22-15(28-18)2-3-19(30-22)33-16-10-17(24)29-21-14(16)4-7-26-21;1-16-10(15)3-5-17-8-6-9(12)14-11-7(8)2-4-13-11/h2-4,7,10-11,13,20H,5-6,8-9,12,25H2,1H3,(H3,24,26,29);2,4,6H,3,5H2,1H3,(H3,12,13,14)/t13-,20+;/m0./s1. The number of esters is 1. The first kappa shape index (κ1) is 33.8. The average Bonchev–Trinajstić information content (AvgIpc) is 3.86. The molecule has 50 heavy (non-hydrogen) atoms. The summed E-state index contributed by atoms with van der Waals surface area (Å²) in [5, 5.41) is 2.87. The van der Waals surface area contributed by atoms with E-state index in [2.05, 4.69) is 41.5 Å². The van der Waals surface area contributed by atoms with Crippen LogP contribution in [0.5, 0.6) is 0 Å². The number of nitrogens with one attached hydrogen (secondary N) is 2. The van der Waals surface area contributed by atoms with Gasteiger partial charge < -0.3 is 41.5 Å². The number of nitrogens with two attached hydrogens (primary N) is 3. The molecule has 0 saturated carbocycles. The van der Waals surface area contributed by atoms with Gasteiger partial charge >= 0.3 is 5.97 Å². The van der Waals surface area contributed by atoms with E-state index in [0.29, 0.717) is 29.5 Å². The Hall–Kier alpha value is -4.64. The van der Waals surface area contributed by atoms with Crippen LogP contribution in [0.15, 0.2) is 69.8 Å². The highest BCUT2D eigenvalue weighted by atomic mass is 32.2. The van der Waals surface area contributed by atoms with E-state index in [9.17, 15) is 4.79 Å². The zero-order valence-electron chi connectivity index (χ0n) is 27.8. The number of H-pyrrole nitrogens is 2. The van der Waals surface area contributed by atoms with Crippen molar-refractivity contribution in [3.05, 3.63) is 55.0 Å². The Kier molecular flexibility index (Phi) is 9.68. The van der Waals surface area contributed by atoms with Crippen molar-refractivity contribution in [3.8, 4) is 0 Å². The van der Waals surface area contributed by atoms with Crippen molar-refractivity contribution in [3.63, 3.8) is 0 Å². The number of pyridine rings is 3. The summed E-state index contributed by atoms with van der Waals surface area (Å²) in [6, 6.07) is 11.7. The lowest BCUT2D eigenvalue weighted by molar-refractivity contribution is -0.140. The van der Waals surface area contributed by atoms with Gasteiger partial charge in [-0.3, -0.25) is 4.79 Å². The van der Waals surface area contributed by atoms with E-state index in [1.807, 2.05) is 55.0 Å². The number of carbonyl (C=O) groups is 1. The van der Waals surface area contributed by atoms with Gasteiger partial charge in [0.15, 0.2) is 5.65 Å². The molecule has 0 bridgehead atoms. The van der Waals surface area contributed by atoms with Crippen LogP contribution in [0.1, 0.15) is 26.2 Å². The second-order valence-electron chi connectivity index (χ2n) is 12.5. The number of aromatic amines is 2. The van der Waals surface area contributed by atoms with E-state index in [0.717, 1.165) is 80.8 Å². The smallest absolute Gasteiger partial charge is 0.306 e. The summed E-state index contributed by atoms with van der Waals surface area (Å²) in [7, 11) is 1.39. The van der Waals surface area contributed by atoms with Gasteiger partial charge in [-0.15, -0.1) is 11.8 Å². The lowest BCUT2D eigenvalue weighted by Crippen LogP contribution is -2.50. The molecule has 2 aliphatic rings. The van der Waals surface area contributed by atoms with Gasteiger partial charge in [0.25, 0.3) is 0 Å². The monoisotopic (exact) mass is 713 g/mol. The van der Waals surface area contributed by atoms with Crippen molar-refractivity contribution >= 4 is 80.2 Å². The number of thioether (sulfide) groups is 1. The topological polar surface area (TPSA) is 213 Å². The summed E-state index contributed by atoms with van der Waals surface area (Å²) in [6.07, 6.45) is 8.04. The molecule has 8 rings (SSSR count). The largest absolute Gasteiger partial charge is 0.469 e. The van der Waals surface area contributed by atoms with Crippen LogP contribution in [0.4, 0.5) is 17.5 Å². The minimum atomic E-state index is -0.204. The van der Waals surface area contributed by atoms with Crippen LogP contribution in [0.2, 0.25) is 0 Å². The number of nitrogen functional groups attached to an aromatic ring is 2. The molecule has 0 amide bonds. The van der Waals surface area contributed by atoms with Gasteiger partial charge in [0, 0.05) is 63.3 Å². The Labute approximate surface area is 296 Å². The number of anilines is 3. The van der Waals surface area contributed by atoms with E-state index in [-0.39, 0.29) is 23.5 Å². The molecule has 14 nitrogen and oxygen atoms in total. The van der Waals surface area contributed by atoms with E-state index < -0.39 is 0 Å². The molecule has 260 valence electrons. The Bertz CT molecular complexity index is 2150. The van der Waals surface area contributed by atoms with E-state index >= 15 is 0 Å². The summed E-state index contributed by atoms with van der Waals surface area (Å²) < 4.78 is 10.4. The molecule has 0 radical (unpaired) electrons. The number of piperidine rings is 1. The maximum atomic E-state index is 11.0. The number of carbonyl (C=O) groups excluding carboxylic acids is 1.